The molecule has 0 fully saturated rings. The molecule has 5 rings (SSSR count). The lowest BCUT2D eigenvalue weighted by Crippen LogP contribution is -2.38. The fourth-order valence-corrected chi connectivity index (χ4v) is 5.79. The van der Waals surface area contributed by atoms with Gasteiger partial charge in [-0.05, 0) is 58.7 Å². The number of hydrogen-bond acceptors (Lipinski definition) is 5. The summed E-state index contributed by atoms with van der Waals surface area (Å²) < 4.78 is 5.32. The highest BCUT2D eigenvalue weighted by atomic mass is 16.5. The Morgan fingerprint density at radius 1 is 0.927 bits per heavy atom. The maximum Gasteiger partial charge on any atom is 0.303 e. The molecule has 1 aliphatic carbocycles. The number of para-hydroxylation sites is 2. The van der Waals surface area contributed by atoms with Crippen molar-refractivity contribution in [3.63, 3.8) is 0 Å². The molecule has 7 nitrogen and oxygen atoms in total. The molecule has 2 atom stereocenters. The van der Waals surface area contributed by atoms with Crippen LogP contribution in [0.3, 0.4) is 0 Å². The Morgan fingerprint density at radius 3 is 2.22 bits per heavy atom. The number of ketones is 1. The number of fused-ring (bicyclic) bond motifs is 1. The van der Waals surface area contributed by atoms with Crippen molar-refractivity contribution < 1.29 is 24.2 Å². The third-order valence-corrected chi connectivity index (χ3v) is 7.99. The number of carboxylic acids is 1. The molecule has 0 radical (unpaired) electrons. The van der Waals surface area contributed by atoms with Gasteiger partial charge >= 0.3 is 5.97 Å². The van der Waals surface area contributed by atoms with Gasteiger partial charge < -0.3 is 15.2 Å². The first-order valence-electron chi connectivity index (χ1n) is 14.0. The molecule has 0 bridgehead atoms. The van der Waals surface area contributed by atoms with Crippen molar-refractivity contribution in [2.45, 2.75) is 63.8 Å². The molecule has 0 spiro atoms. The Kier molecular flexibility index (Phi) is 7.72. The van der Waals surface area contributed by atoms with Crippen molar-refractivity contribution in [2.24, 2.45) is 0 Å². The monoisotopic (exact) mass is 552 g/mol. The van der Waals surface area contributed by atoms with Crippen LogP contribution in [0.4, 0.5) is 11.4 Å². The van der Waals surface area contributed by atoms with E-state index in [2.05, 4.69) is 26.1 Å². The van der Waals surface area contributed by atoms with E-state index in [0.29, 0.717) is 29.8 Å². The van der Waals surface area contributed by atoms with E-state index in [1.165, 1.54) is 0 Å². The highest BCUT2D eigenvalue weighted by Gasteiger charge is 2.41. The van der Waals surface area contributed by atoms with E-state index < -0.39 is 12.0 Å². The number of aliphatic carboxylic acids is 1. The lowest BCUT2D eigenvalue weighted by Gasteiger charge is -2.35. The molecule has 1 heterocycles. The van der Waals surface area contributed by atoms with Gasteiger partial charge in [-0.2, -0.15) is 0 Å². The number of amides is 1. The van der Waals surface area contributed by atoms with Crippen LogP contribution < -0.4 is 15.0 Å². The SMILES string of the molecule is COc1ccc(C2CC(=O)C3=C(C2)Nc2ccccc2N(C(=O)CCC(=O)O)C3c2ccc(C(C)(C)C)cc2)cc1. The van der Waals surface area contributed by atoms with E-state index in [9.17, 15) is 19.5 Å². The van der Waals surface area contributed by atoms with Crippen molar-refractivity contribution in [3.8, 4) is 5.75 Å². The Morgan fingerprint density at radius 2 is 1.59 bits per heavy atom. The Labute approximate surface area is 240 Å². The number of rotatable bonds is 6. The third-order valence-electron chi connectivity index (χ3n) is 7.99. The maximum absolute atomic E-state index is 14.1. The number of allylic oxidation sites excluding steroid dienone is 1. The fourth-order valence-electron chi connectivity index (χ4n) is 5.79. The average molecular weight is 553 g/mol. The largest absolute Gasteiger partial charge is 0.497 e. The molecule has 2 N–H and O–H groups in total. The number of nitrogens with one attached hydrogen (secondary N) is 1. The normalized spacial score (nSPS) is 18.6. The van der Waals surface area contributed by atoms with Crippen molar-refractivity contribution in [1.29, 1.82) is 0 Å². The van der Waals surface area contributed by atoms with Crippen LogP contribution in [0.15, 0.2) is 84.1 Å². The molecule has 7 heteroatoms. The molecular formula is C34H36N2O5. The van der Waals surface area contributed by atoms with E-state index in [-0.39, 0.29) is 35.9 Å². The molecule has 41 heavy (non-hydrogen) atoms. The number of ether oxygens (including phenoxy) is 1. The zero-order valence-electron chi connectivity index (χ0n) is 23.9. The number of carboxylic acid groups (broad SMARTS) is 1. The lowest BCUT2D eigenvalue weighted by atomic mass is 9.77. The van der Waals surface area contributed by atoms with Crippen LogP contribution in [-0.2, 0) is 19.8 Å². The summed E-state index contributed by atoms with van der Waals surface area (Å²) in [5, 5.41) is 12.9. The Hall–Kier alpha value is -4.39. The molecule has 0 aromatic heterocycles. The molecule has 2 aliphatic rings. The van der Waals surface area contributed by atoms with Gasteiger partial charge in [-0.1, -0.05) is 69.3 Å². The average Bonchev–Trinajstić information content (AvgIpc) is 3.10. The standard InChI is InChI=1S/C34H36N2O5/c1-34(2,3)24-13-9-22(10-14-24)33-32-27(19-23(20-29(32)37)21-11-15-25(41-4)16-12-21)35-26-7-5-6-8-28(26)36(33)30(38)17-18-31(39)40/h5-16,23,33,35H,17-20H2,1-4H3,(H,39,40). The summed E-state index contributed by atoms with van der Waals surface area (Å²) in [6, 6.07) is 22.7. The minimum atomic E-state index is -1.04. The van der Waals surface area contributed by atoms with E-state index in [1.807, 2.05) is 72.8 Å². The van der Waals surface area contributed by atoms with Crippen molar-refractivity contribution in [2.75, 3.05) is 17.3 Å². The summed E-state index contributed by atoms with van der Waals surface area (Å²) in [7, 11) is 1.63. The molecule has 3 aromatic carbocycles. The first-order valence-corrected chi connectivity index (χ1v) is 14.0. The molecule has 0 saturated carbocycles. The predicted octanol–water partition coefficient (Wildman–Crippen LogP) is 6.76. The van der Waals surface area contributed by atoms with E-state index in [1.54, 1.807) is 12.0 Å². The second-order valence-corrected chi connectivity index (χ2v) is 11.8. The van der Waals surface area contributed by atoms with Crippen molar-refractivity contribution in [3.05, 3.63) is 101 Å². The minimum Gasteiger partial charge on any atom is -0.497 e. The third kappa shape index (κ3) is 5.75. The molecule has 1 aliphatic heterocycles. The van der Waals surface area contributed by atoms with Gasteiger partial charge in [0.1, 0.15) is 5.75 Å². The smallest absolute Gasteiger partial charge is 0.303 e. The Balaban J connectivity index is 1.66. The molecule has 0 saturated heterocycles. The van der Waals surface area contributed by atoms with Crippen LogP contribution in [0.1, 0.15) is 75.1 Å². The van der Waals surface area contributed by atoms with E-state index in [4.69, 9.17) is 4.74 Å². The number of methoxy groups -OCH3 is 1. The number of nitrogens with zero attached hydrogens (tertiary/aromatic N) is 1. The van der Waals surface area contributed by atoms with Crippen molar-refractivity contribution >= 4 is 29.0 Å². The minimum absolute atomic E-state index is 0.0340. The highest BCUT2D eigenvalue weighted by molar-refractivity contribution is 6.06. The molecular weight excluding hydrogens is 516 g/mol. The van der Waals surface area contributed by atoms with Crippen LogP contribution in [-0.4, -0.2) is 29.9 Å². The van der Waals surface area contributed by atoms with Crippen LogP contribution >= 0.6 is 0 Å². The summed E-state index contributed by atoms with van der Waals surface area (Å²) in [4.78, 5) is 41.0. The zero-order valence-corrected chi connectivity index (χ0v) is 23.9. The van der Waals surface area contributed by atoms with Crippen LogP contribution in [0.5, 0.6) is 5.75 Å². The molecule has 212 valence electrons. The summed E-state index contributed by atoms with van der Waals surface area (Å²) >= 11 is 0. The quantitative estimate of drug-likeness (QED) is 0.351. The van der Waals surface area contributed by atoms with Crippen LogP contribution in [0.2, 0.25) is 0 Å². The van der Waals surface area contributed by atoms with Gasteiger partial charge in [0.05, 0.1) is 30.9 Å². The maximum atomic E-state index is 14.1. The van der Waals surface area contributed by atoms with Gasteiger partial charge in [-0.15, -0.1) is 0 Å². The fraction of sp³-hybridized carbons (Fsp3) is 0.324. The second kappa shape index (κ2) is 11.2. The summed E-state index contributed by atoms with van der Waals surface area (Å²) in [5.74, 6) is -0.697. The van der Waals surface area contributed by atoms with Crippen LogP contribution in [0, 0.1) is 0 Å². The number of hydrogen-bond donors (Lipinski definition) is 2. The number of Topliss-reactive ketones (excluding diaryl/α,β-unsaturated/α-hetero) is 1. The first-order chi connectivity index (χ1) is 19.6. The predicted molar refractivity (Wildman–Crippen MR) is 159 cm³/mol. The molecule has 3 aromatic rings. The zero-order chi connectivity index (χ0) is 29.3. The van der Waals surface area contributed by atoms with Gasteiger partial charge in [-0.3, -0.25) is 19.3 Å². The van der Waals surface area contributed by atoms with Crippen molar-refractivity contribution in [1.82, 2.24) is 0 Å². The first kappa shape index (κ1) is 28.1. The lowest BCUT2D eigenvalue weighted by molar-refractivity contribution is -0.138. The summed E-state index contributed by atoms with van der Waals surface area (Å²) in [5.41, 5.74) is 5.60. The van der Waals surface area contributed by atoms with Crippen LogP contribution in [0.25, 0.3) is 0 Å². The summed E-state index contributed by atoms with van der Waals surface area (Å²) in [6.45, 7) is 6.42. The molecule has 2 unspecified atom stereocenters. The van der Waals surface area contributed by atoms with Gasteiger partial charge in [0.25, 0.3) is 0 Å². The number of anilines is 2. The van der Waals surface area contributed by atoms with Gasteiger partial charge in [0, 0.05) is 24.1 Å². The van der Waals surface area contributed by atoms with E-state index >= 15 is 0 Å². The van der Waals surface area contributed by atoms with E-state index in [0.717, 1.165) is 28.1 Å². The number of benzene rings is 3. The van der Waals surface area contributed by atoms with Gasteiger partial charge in [-0.25, -0.2) is 0 Å². The Bertz CT molecular complexity index is 1500. The topological polar surface area (TPSA) is 95.9 Å². The summed E-state index contributed by atoms with van der Waals surface area (Å²) in [6.07, 6.45) is 0.428. The van der Waals surface area contributed by atoms with Gasteiger partial charge in [0.15, 0.2) is 5.78 Å². The highest BCUT2D eigenvalue weighted by Crippen LogP contribution is 2.48. The van der Waals surface area contributed by atoms with Gasteiger partial charge in [0.2, 0.25) is 5.91 Å². The second-order valence-electron chi connectivity index (χ2n) is 11.8. The molecule has 1 amide bonds. The number of carbonyl (C=O) groups is 3. The number of carbonyl (C=O) groups excluding carboxylic acids is 2.